The van der Waals surface area contributed by atoms with Crippen molar-refractivity contribution in [2.45, 2.75) is 65.2 Å². The Labute approximate surface area is 146 Å². The van der Waals surface area contributed by atoms with E-state index in [0.29, 0.717) is 5.92 Å². The first-order chi connectivity index (χ1) is 11.5. The maximum atomic E-state index is 5.76. The smallest absolute Gasteiger partial charge is 0.192 e. The summed E-state index contributed by atoms with van der Waals surface area (Å²) >= 11 is 0. The second-order valence-corrected chi connectivity index (χ2v) is 7.85. The summed E-state index contributed by atoms with van der Waals surface area (Å²) in [7, 11) is 0. The number of aromatic nitrogens is 1. The topological polar surface area (TPSA) is 29.3 Å². The average molecular weight is 329 g/mol. The Kier molecular flexibility index (Phi) is 5.29. The summed E-state index contributed by atoms with van der Waals surface area (Å²) in [5, 5.41) is 0. The lowest BCUT2D eigenvalue weighted by molar-refractivity contribution is 0.109. The van der Waals surface area contributed by atoms with Crippen LogP contribution in [0.25, 0.3) is 11.1 Å². The highest BCUT2D eigenvalue weighted by molar-refractivity contribution is 5.73. The number of unbranched alkanes of at least 4 members (excludes halogenated alkanes) is 3. The summed E-state index contributed by atoms with van der Waals surface area (Å²) in [6.07, 6.45) is 6.64. The molecule has 1 aliphatic heterocycles. The number of fused-ring (bicyclic) bond motifs is 1. The van der Waals surface area contributed by atoms with Gasteiger partial charge in [0.15, 0.2) is 11.5 Å². The highest BCUT2D eigenvalue weighted by Crippen LogP contribution is 2.40. The maximum Gasteiger partial charge on any atom is 0.192 e. The van der Waals surface area contributed by atoms with Crippen molar-refractivity contribution in [1.82, 2.24) is 9.88 Å². The van der Waals surface area contributed by atoms with E-state index in [2.05, 4.69) is 48.9 Å². The molecule has 3 nitrogen and oxygen atoms in total. The van der Waals surface area contributed by atoms with E-state index in [-0.39, 0.29) is 5.41 Å². The molecule has 1 aromatic heterocycles. The Morgan fingerprint density at radius 3 is 2.88 bits per heavy atom. The molecule has 132 valence electrons. The minimum absolute atomic E-state index is 0.231. The summed E-state index contributed by atoms with van der Waals surface area (Å²) in [5.74, 6) is 1.40. The van der Waals surface area contributed by atoms with Crippen LogP contribution in [0.15, 0.2) is 22.6 Å². The third-order valence-corrected chi connectivity index (χ3v) is 6.05. The molecule has 1 aromatic carbocycles. The van der Waals surface area contributed by atoms with Crippen molar-refractivity contribution in [2.24, 2.45) is 5.92 Å². The maximum absolute atomic E-state index is 5.76. The number of aryl methyl sites for hydroxylation is 1. The van der Waals surface area contributed by atoms with Gasteiger partial charge in [0, 0.05) is 13.5 Å². The van der Waals surface area contributed by atoms with Gasteiger partial charge in [0.25, 0.3) is 0 Å². The van der Waals surface area contributed by atoms with E-state index in [9.17, 15) is 0 Å². The minimum atomic E-state index is 0.231. The summed E-state index contributed by atoms with van der Waals surface area (Å²) < 4.78 is 5.76. The van der Waals surface area contributed by atoms with Gasteiger partial charge in [0.1, 0.15) is 5.52 Å². The Morgan fingerprint density at radius 2 is 2.12 bits per heavy atom. The largest absolute Gasteiger partial charge is 0.441 e. The van der Waals surface area contributed by atoms with Gasteiger partial charge in [0.2, 0.25) is 0 Å². The van der Waals surface area contributed by atoms with Crippen LogP contribution in [0.1, 0.15) is 64.3 Å². The molecule has 3 rings (SSSR count). The van der Waals surface area contributed by atoms with Gasteiger partial charge in [-0.15, -0.1) is 0 Å². The molecule has 0 N–H and O–H groups in total. The predicted molar refractivity (Wildman–Crippen MR) is 100 cm³/mol. The molecular formula is C21H32N2O. The van der Waals surface area contributed by atoms with Crippen LogP contribution < -0.4 is 0 Å². The predicted octanol–water partition coefficient (Wildman–Crippen LogP) is 5.32. The van der Waals surface area contributed by atoms with Gasteiger partial charge in [-0.2, -0.15) is 0 Å². The number of benzene rings is 1. The van der Waals surface area contributed by atoms with E-state index in [1.54, 1.807) is 0 Å². The minimum Gasteiger partial charge on any atom is -0.441 e. The fourth-order valence-electron chi connectivity index (χ4n) is 4.11. The van der Waals surface area contributed by atoms with Crippen LogP contribution in [0, 0.1) is 12.8 Å². The van der Waals surface area contributed by atoms with Crippen molar-refractivity contribution >= 4 is 11.1 Å². The van der Waals surface area contributed by atoms with Crippen molar-refractivity contribution in [3.05, 3.63) is 29.7 Å². The van der Waals surface area contributed by atoms with E-state index in [4.69, 9.17) is 4.42 Å². The summed E-state index contributed by atoms with van der Waals surface area (Å²) in [4.78, 5) is 7.09. The van der Waals surface area contributed by atoms with Crippen molar-refractivity contribution in [3.8, 4) is 0 Å². The lowest BCUT2D eigenvalue weighted by Crippen LogP contribution is -2.47. The van der Waals surface area contributed by atoms with E-state index in [1.807, 2.05) is 6.92 Å². The van der Waals surface area contributed by atoms with Gasteiger partial charge < -0.3 is 9.32 Å². The number of oxazole rings is 1. The number of hydrogen-bond donors (Lipinski definition) is 0. The molecule has 1 aliphatic rings. The van der Waals surface area contributed by atoms with Gasteiger partial charge in [-0.3, -0.25) is 0 Å². The Hall–Kier alpha value is -1.35. The quantitative estimate of drug-likeness (QED) is 0.672. The second kappa shape index (κ2) is 7.26. The first kappa shape index (κ1) is 17.5. The Morgan fingerprint density at radius 1 is 1.29 bits per heavy atom. The molecular weight excluding hydrogens is 296 g/mol. The van der Waals surface area contributed by atoms with Crippen LogP contribution in [0.4, 0.5) is 0 Å². The van der Waals surface area contributed by atoms with E-state index < -0.39 is 0 Å². The van der Waals surface area contributed by atoms with Crippen LogP contribution >= 0.6 is 0 Å². The molecule has 0 aliphatic carbocycles. The van der Waals surface area contributed by atoms with Crippen LogP contribution in [0.2, 0.25) is 0 Å². The van der Waals surface area contributed by atoms with Crippen molar-refractivity contribution < 1.29 is 4.42 Å². The Balaban J connectivity index is 1.68. The summed E-state index contributed by atoms with van der Waals surface area (Å²) in [6, 6.07) is 6.61. The molecule has 1 saturated heterocycles. The molecule has 0 bridgehead atoms. The third kappa shape index (κ3) is 3.51. The van der Waals surface area contributed by atoms with Gasteiger partial charge in [-0.25, -0.2) is 4.98 Å². The zero-order chi connectivity index (χ0) is 17.2. The highest BCUT2D eigenvalue weighted by atomic mass is 16.3. The normalized spacial score (nSPS) is 25.4. The Bertz CT molecular complexity index is 678. The van der Waals surface area contributed by atoms with Gasteiger partial charge >= 0.3 is 0 Å². The lowest BCUT2D eigenvalue weighted by Gasteiger charge is -2.45. The average Bonchev–Trinajstić information content (AvgIpc) is 2.94. The first-order valence-corrected chi connectivity index (χ1v) is 9.63. The first-order valence-electron chi connectivity index (χ1n) is 9.63. The number of nitrogens with zero attached hydrogens (tertiary/aromatic N) is 2. The molecule has 0 radical (unpaired) electrons. The molecule has 1 fully saturated rings. The molecule has 0 saturated carbocycles. The van der Waals surface area contributed by atoms with Crippen LogP contribution in [0.3, 0.4) is 0 Å². The van der Waals surface area contributed by atoms with Gasteiger partial charge in [0.05, 0.1) is 0 Å². The number of likely N-dealkylation sites (tertiary alicyclic amines) is 1. The molecule has 2 heterocycles. The fraction of sp³-hybridized carbons (Fsp3) is 0.667. The molecule has 3 heteroatoms. The molecule has 24 heavy (non-hydrogen) atoms. The SMILES string of the molecule is CCCCCCN1CCC(C)(c2ccc3nc(C)oc3c2)C(C)C1. The number of rotatable bonds is 6. The molecule has 0 spiro atoms. The van der Waals surface area contributed by atoms with Crippen molar-refractivity contribution in [1.29, 1.82) is 0 Å². The molecule has 2 aromatic rings. The van der Waals surface area contributed by atoms with Crippen LogP contribution in [0.5, 0.6) is 0 Å². The van der Waals surface area contributed by atoms with Crippen molar-refractivity contribution in [2.75, 3.05) is 19.6 Å². The van der Waals surface area contributed by atoms with Crippen molar-refractivity contribution in [3.63, 3.8) is 0 Å². The lowest BCUT2D eigenvalue weighted by atomic mass is 9.68. The van der Waals surface area contributed by atoms with Gasteiger partial charge in [-0.1, -0.05) is 46.1 Å². The molecule has 2 atom stereocenters. The number of piperidine rings is 1. The van der Waals surface area contributed by atoms with E-state index in [1.165, 1.54) is 57.3 Å². The van der Waals surface area contributed by atoms with Crippen LogP contribution in [-0.2, 0) is 5.41 Å². The van der Waals surface area contributed by atoms with E-state index in [0.717, 1.165) is 17.0 Å². The summed E-state index contributed by atoms with van der Waals surface area (Å²) in [5.41, 5.74) is 3.54. The monoisotopic (exact) mass is 328 g/mol. The summed E-state index contributed by atoms with van der Waals surface area (Å²) in [6.45, 7) is 12.7. The van der Waals surface area contributed by atoms with E-state index >= 15 is 0 Å². The second-order valence-electron chi connectivity index (χ2n) is 7.85. The zero-order valence-electron chi connectivity index (χ0n) is 15.8. The zero-order valence-corrected chi connectivity index (χ0v) is 15.8. The fourth-order valence-corrected chi connectivity index (χ4v) is 4.11. The third-order valence-electron chi connectivity index (χ3n) is 6.05. The highest BCUT2D eigenvalue weighted by Gasteiger charge is 2.38. The number of hydrogen-bond acceptors (Lipinski definition) is 3. The molecule has 2 unspecified atom stereocenters. The molecule has 0 amide bonds. The standard InChI is InChI=1S/C21H32N2O/c1-5-6-7-8-12-23-13-11-21(4,16(2)15-23)18-9-10-19-20(14-18)24-17(3)22-19/h9-10,14,16H,5-8,11-13,15H2,1-4H3. The van der Waals surface area contributed by atoms with Crippen LogP contribution in [-0.4, -0.2) is 29.5 Å². The van der Waals surface area contributed by atoms with Gasteiger partial charge in [-0.05, 0) is 55.0 Å².